The van der Waals surface area contributed by atoms with E-state index in [1.54, 1.807) is 4.90 Å². The molecular weight excluding hydrogens is 262 g/mol. The van der Waals surface area contributed by atoms with Gasteiger partial charge in [0, 0.05) is 37.5 Å². The highest BCUT2D eigenvalue weighted by molar-refractivity contribution is 5.89. The Hall–Kier alpha value is -2.15. The van der Waals surface area contributed by atoms with Crippen molar-refractivity contribution in [2.45, 2.75) is 12.8 Å². The highest BCUT2D eigenvalue weighted by Gasteiger charge is 2.23. The standard InChI is InChI=1S/C13H17N3O4/c17-9-10-2-1-7-15(8-10)13(18)14-11-3-5-12(6-4-11)16(19)20/h3-6,10,17H,1-2,7-9H2,(H,14,18)/t10-/m1/s1. The van der Waals surface area contributed by atoms with Crippen LogP contribution in [0.3, 0.4) is 0 Å². The number of aliphatic hydroxyl groups excluding tert-OH is 1. The van der Waals surface area contributed by atoms with Crippen LogP contribution in [0, 0.1) is 16.0 Å². The van der Waals surface area contributed by atoms with E-state index in [9.17, 15) is 14.9 Å². The summed E-state index contributed by atoms with van der Waals surface area (Å²) in [5, 5.41) is 22.4. The Bertz CT molecular complexity index is 489. The quantitative estimate of drug-likeness (QED) is 0.651. The minimum absolute atomic E-state index is 0.0127. The Morgan fingerprint density at radius 1 is 1.45 bits per heavy atom. The van der Waals surface area contributed by atoms with Crippen LogP contribution >= 0.6 is 0 Å². The molecule has 0 radical (unpaired) electrons. The number of nitro benzene ring substituents is 1. The van der Waals surface area contributed by atoms with Crippen molar-refractivity contribution in [2.24, 2.45) is 5.92 Å². The van der Waals surface area contributed by atoms with Crippen LogP contribution in [0.4, 0.5) is 16.2 Å². The number of non-ortho nitro benzene ring substituents is 1. The molecule has 20 heavy (non-hydrogen) atoms. The molecule has 2 N–H and O–H groups in total. The summed E-state index contributed by atoms with van der Waals surface area (Å²) < 4.78 is 0. The monoisotopic (exact) mass is 279 g/mol. The molecule has 7 heteroatoms. The zero-order valence-corrected chi connectivity index (χ0v) is 11.0. The first-order valence-corrected chi connectivity index (χ1v) is 6.51. The molecule has 7 nitrogen and oxygen atoms in total. The molecule has 0 unspecified atom stereocenters. The van der Waals surface area contributed by atoms with Crippen molar-refractivity contribution < 1.29 is 14.8 Å². The van der Waals surface area contributed by atoms with E-state index in [2.05, 4.69) is 5.32 Å². The van der Waals surface area contributed by atoms with Gasteiger partial charge in [0.05, 0.1) is 4.92 Å². The van der Waals surface area contributed by atoms with Crippen LogP contribution in [-0.4, -0.2) is 40.7 Å². The number of piperidine rings is 1. The first kappa shape index (κ1) is 14.3. The number of nitrogens with zero attached hydrogens (tertiary/aromatic N) is 2. The molecule has 1 saturated heterocycles. The number of hydrogen-bond acceptors (Lipinski definition) is 4. The molecule has 1 aliphatic rings. The third-order valence-corrected chi connectivity index (χ3v) is 3.39. The third kappa shape index (κ3) is 3.45. The number of amides is 2. The normalized spacial score (nSPS) is 18.6. The SMILES string of the molecule is O=C(Nc1ccc([N+](=O)[O-])cc1)N1CCC[C@@H](CO)C1. The predicted octanol–water partition coefficient (Wildman–Crippen LogP) is 1.83. The molecule has 1 atom stereocenters. The fourth-order valence-electron chi connectivity index (χ4n) is 2.27. The molecule has 108 valence electrons. The van der Waals surface area contributed by atoms with Crippen LogP contribution in [-0.2, 0) is 0 Å². The summed E-state index contributed by atoms with van der Waals surface area (Å²) >= 11 is 0. The van der Waals surface area contributed by atoms with Crippen LogP contribution < -0.4 is 5.32 Å². The molecule has 0 aromatic heterocycles. The topological polar surface area (TPSA) is 95.7 Å². The maximum absolute atomic E-state index is 12.0. The number of rotatable bonds is 3. The largest absolute Gasteiger partial charge is 0.396 e. The molecule has 2 rings (SSSR count). The minimum atomic E-state index is -0.484. The third-order valence-electron chi connectivity index (χ3n) is 3.39. The summed E-state index contributed by atoms with van der Waals surface area (Å²) in [4.78, 5) is 23.8. The predicted molar refractivity (Wildman–Crippen MR) is 73.5 cm³/mol. The molecule has 1 fully saturated rings. The lowest BCUT2D eigenvalue weighted by atomic mass is 9.99. The zero-order chi connectivity index (χ0) is 14.5. The van der Waals surface area contributed by atoms with Crippen molar-refractivity contribution in [1.29, 1.82) is 0 Å². The average Bonchev–Trinajstić information content (AvgIpc) is 2.47. The summed E-state index contributed by atoms with van der Waals surface area (Å²) in [5.41, 5.74) is 0.507. The second-order valence-corrected chi connectivity index (χ2v) is 4.87. The number of urea groups is 1. The number of carbonyl (C=O) groups excluding carboxylic acids is 1. The number of anilines is 1. The maximum atomic E-state index is 12.0. The summed E-state index contributed by atoms with van der Waals surface area (Å²) in [6, 6.07) is 5.47. The van der Waals surface area contributed by atoms with Crippen molar-refractivity contribution in [2.75, 3.05) is 25.0 Å². The van der Waals surface area contributed by atoms with E-state index in [0.29, 0.717) is 18.8 Å². The number of benzene rings is 1. The van der Waals surface area contributed by atoms with Crippen molar-refractivity contribution >= 4 is 17.4 Å². The van der Waals surface area contributed by atoms with E-state index >= 15 is 0 Å². The lowest BCUT2D eigenvalue weighted by Crippen LogP contribution is -2.43. The van der Waals surface area contributed by atoms with Gasteiger partial charge in [-0.1, -0.05) is 0 Å². The van der Waals surface area contributed by atoms with E-state index in [4.69, 9.17) is 5.11 Å². The van der Waals surface area contributed by atoms with Crippen molar-refractivity contribution in [3.05, 3.63) is 34.4 Å². The first-order chi connectivity index (χ1) is 9.60. The van der Waals surface area contributed by atoms with Crippen LogP contribution in [0.5, 0.6) is 0 Å². The smallest absolute Gasteiger partial charge is 0.321 e. The molecule has 0 spiro atoms. The number of aliphatic hydroxyl groups is 1. The van der Waals surface area contributed by atoms with Crippen molar-refractivity contribution in [1.82, 2.24) is 4.90 Å². The number of hydrogen-bond donors (Lipinski definition) is 2. The maximum Gasteiger partial charge on any atom is 0.321 e. The summed E-state index contributed by atoms with van der Waals surface area (Å²) in [5.74, 6) is 0.131. The first-order valence-electron chi connectivity index (χ1n) is 6.51. The number of nitro groups is 1. The highest BCUT2D eigenvalue weighted by atomic mass is 16.6. The molecular formula is C13H17N3O4. The Kier molecular flexibility index (Phi) is 4.52. The summed E-state index contributed by atoms with van der Waals surface area (Å²) in [6.45, 7) is 1.28. The minimum Gasteiger partial charge on any atom is -0.396 e. The lowest BCUT2D eigenvalue weighted by Gasteiger charge is -2.31. The second kappa shape index (κ2) is 6.33. The average molecular weight is 279 g/mol. The fraction of sp³-hybridized carbons (Fsp3) is 0.462. The molecule has 1 aromatic carbocycles. The Labute approximate surface area is 116 Å². The van der Waals surface area contributed by atoms with Gasteiger partial charge in [-0.2, -0.15) is 0 Å². The Morgan fingerprint density at radius 2 is 2.15 bits per heavy atom. The highest BCUT2D eigenvalue weighted by Crippen LogP contribution is 2.19. The van der Waals surface area contributed by atoms with Crippen molar-refractivity contribution in [3.8, 4) is 0 Å². The van der Waals surface area contributed by atoms with Crippen LogP contribution in [0.25, 0.3) is 0 Å². The van der Waals surface area contributed by atoms with Crippen molar-refractivity contribution in [3.63, 3.8) is 0 Å². The summed E-state index contributed by atoms with van der Waals surface area (Å²) in [6.07, 6.45) is 1.80. The van der Waals surface area contributed by atoms with E-state index in [1.807, 2.05) is 0 Å². The second-order valence-electron chi connectivity index (χ2n) is 4.87. The summed E-state index contributed by atoms with van der Waals surface area (Å²) in [7, 11) is 0. The number of likely N-dealkylation sites (tertiary alicyclic amines) is 1. The molecule has 2 amide bonds. The van der Waals surface area contributed by atoms with E-state index < -0.39 is 4.92 Å². The van der Waals surface area contributed by atoms with Gasteiger partial charge in [-0.25, -0.2) is 4.79 Å². The molecule has 0 saturated carbocycles. The Morgan fingerprint density at radius 3 is 2.75 bits per heavy atom. The van der Waals surface area contributed by atoms with Gasteiger partial charge >= 0.3 is 6.03 Å². The van der Waals surface area contributed by atoms with Gasteiger partial charge < -0.3 is 15.3 Å². The molecule has 0 aliphatic carbocycles. The zero-order valence-electron chi connectivity index (χ0n) is 11.0. The molecule has 1 aliphatic heterocycles. The molecule has 1 heterocycles. The van der Waals surface area contributed by atoms with Crippen LogP contribution in [0.1, 0.15) is 12.8 Å². The van der Waals surface area contributed by atoms with E-state index in [1.165, 1.54) is 24.3 Å². The van der Waals surface area contributed by atoms with Crippen LogP contribution in [0.15, 0.2) is 24.3 Å². The van der Waals surface area contributed by atoms with Gasteiger partial charge in [0.2, 0.25) is 0 Å². The Balaban J connectivity index is 1.95. The molecule has 0 bridgehead atoms. The number of carbonyl (C=O) groups is 1. The van der Waals surface area contributed by atoms with Gasteiger partial charge in [0.1, 0.15) is 0 Å². The fourth-order valence-corrected chi connectivity index (χ4v) is 2.27. The van der Waals surface area contributed by atoms with Crippen LogP contribution in [0.2, 0.25) is 0 Å². The van der Waals surface area contributed by atoms with Gasteiger partial charge in [0.15, 0.2) is 0 Å². The van der Waals surface area contributed by atoms with Gasteiger partial charge in [0.25, 0.3) is 5.69 Å². The molecule has 1 aromatic rings. The van der Waals surface area contributed by atoms with Gasteiger partial charge in [-0.05, 0) is 30.9 Å². The van der Waals surface area contributed by atoms with Gasteiger partial charge in [-0.15, -0.1) is 0 Å². The van der Waals surface area contributed by atoms with E-state index in [0.717, 1.165) is 12.8 Å². The van der Waals surface area contributed by atoms with E-state index in [-0.39, 0.29) is 24.2 Å². The lowest BCUT2D eigenvalue weighted by molar-refractivity contribution is -0.384. The van der Waals surface area contributed by atoms with Gasteiger partial charge in [-0.3, -0.25) is 10.1 Å². The number of nitrogens with one attached hydrogen (secondary N) is 1.